The fraction of sp³-hybridized carbons (Fsp3) is 0.444. The van der Waals surface area contributed by atoms with E-state index in [9.17, 15) is 4.39 Å². The molecule has 0 saturated carbocycles. The molecule has 5 nitrogen and oxygen atoms in total. The number of halogens is 2. The van der Waals surface area contributed by atoms with E-state index in [0.717, 1.165) is 23.2 Å². The summed E-state index contributed by atoms with van der Waals surface area (Å²) in [5, 5.41) is 7.52. The minimum absolute atomic E-state index is 0. The molecule has 1 atom stereocenters. The zero-order chi connectivity index (χ0) is 18.2. The van der Waals surface area contributed by atoms with E-state index in [4.69, 9.17) is 4.74 Å². The normalized spacial score (nSPS) is 12.3. The van der Waals surface area contributed by atoms with Crippen LogP contribution in [0.1, 0.15) is 29.4 Å². The lowest BCUT2D eigenvalue weighted by atomic mass is 10.3. The first-order chi connectivity index (χ1) is 12.0. The molecule has 0 bridgehead atoms. The highest BCUT2D eigenvalue weighted by Crippen LogP contribution is 2.17. The Hall–Kier alpha value is -1.42. The number of nitrogens with zero attached hydrogens (tertiary/aromatic N) is 2. The molecule has 1 unspecified atom stereocenters. The minimum Gasteiger partial charge on any atom is -0.489 e. The smallest absolute Gasteiger partial charge is 0.191 e. The number of ether oxygens (including phenoxy) is 1. The van der Waals surface area contributed by atoms with Gasteiger partial charge in [-0.25, -0.2) is 14.4 Å². The molecule has 0 aliphatic heterocycles. The number of benzene rings is 1. The molecule has 1 aromatic heterocycles. The fourth-order valence-electron chi connectivity index (χ4n) is 2.27. The molecule has 1 aromatic carbocycles. The highest BCUT2D eigenvalue weighted by Gasteiger charge is 2.08. The van der Waals surface area contributed by atoms with Crippen molar-refractivity contribution < 1.29 is 9.13 Å². The third-order valence-electron chi connectivity index (χ3n) is 3.41. The molecule has 144 valence electrons. The van der Waals surface area contributed by atoms with Gasteiger partial charge < -0.3 is 15.4 Å². The summed E-state index contributed by atoms with van der Waals surface area (Å²) in [6.45, 7) is 9.87. The lowest BCUT2D eigenvalue weighted by Gasteiger charge is -2.17. The van der Waals surface area contributed by atoms with E-state index in [1.165, 1.54) is 17.0 Å². The summed E-state index contributed by atoms with van der Waals surface area (Å²) < 4.78 is 18.9. The van der Waals surface area contributed by atoms with Crippen molar-refractivity contribution in [2.75, 3.05) is 13.1 Å². The van der Waals surface area contributed by atoms with Crippen molar-refractivity contribution in [3.8, 4) is 5.75 Å². The Balaban J connectivity index is 0.00000338. The standard InChI is InChI=1S/C18H25FN4OS.HI/c1-5-20-18(22-11-17-13(3)23-14(4)25-17)21-10-12(2)24-16-8-6-7-15(19)9-16;/h6-9,12H,5,10-11H2,1-4H3,(H2,20,21,22);1H. The Labute approximate surface area is 175 Å². The highest BCUT2D eigenvalue weighted by molar-refractivity contribution is 14.0. The molecule has 2 rings (SSSR count). The van der Waals surface area contributed by atoms with Gasteiger partial charge in [0.15, 0.2) is 5.96 Å². The zero-order valence-corrected chi connectivity index (χ0v) is 18.7. The maximum Gasteiger partial charge on any atom is 0.191 e. The Bertz CT molecular complexity index is 723. The molecule has 8 heteroatoms. The zero-order valence-electron chi connectivity index (χ0n) is 15.5. The molecule has 2 N–H and O–H groups in total. The molecule has 0 amide bonds. The van der Waals surface area contributed by atoms with E-state index in [1.54, 1.807) is 23.5 Å². The largest absolute Gasteiger partial charge is 0.489 e. The number of nitrogens with one attached hydrogen (secondary N) is 2. The quantitative estimate of drug-likeness (QED) is 0.348. The van der Waals surface area contributed by atoms with Crippen molar-refractivity contribution in [2.45, 2.75) is 40.3 Å². The van der Waals surface area contributed by atoms with Gasteiger partial charge in [0.1, 0.15) is 17.7 Å². The summed E-state index contributed by atoms with van der Waals surface area (Å²) in [5.74, 6) is 0.942. The Kier molecular flexibility index (Phi) is 9.85. The van der Waals surface area contributed by atoms with Crippen molar-refractivity contribution in [1.82, 2.24) is 15.6 Å². The van der Waals surface area contributed by atoms with Crippen LogP contribution in [0.4, 0.5) is 4.39 Å². The summed E-state index contributed by atoms with van der Waals surface area (Å²) in [4.78, 5) is 10.2. The molecule has 0 radical (unpaired) electrons. The average Bonchev–Trinajstić information content (AvgIpc) is 2.88. The molecule has 1 heterocycles. The van der Waals surface area contributed by atoms with Gasteiger partial charge in [0.2, 0.25) is 0 Å². The predicted octanol–water partition coefficient (Wildman–Crippen LogP) is 4.04. The number of thiazole rings is 1. The van der Waals surface area contributed by atoms with Crippen LogP contribution in [-0.2, 0) is 6.54 Å². The van der Waals surface area contributed by atoms with E-state index >= 15 is 0 Å². The molecule has 0 saturated heterocycles. The van der Waals surface area contributed by atoms with E-state index in [0.29, 0.717) is 18.8 Å². The van der Waals surface area contributed by atoms with E-state index in [2.05, 4.69) is 20.6 Å². The molecule has 0 aliphatic rings. The number of aromatic nitrogens is 1. The number of aliphatic imine (C=N–C) groups is 1. The summed E-state index contributed by atoms with van der Waals surface area (Å²) in [6, 6.07) is 6.16. The number of rotatable bonds is 7. The summed E-state index contributed by atoms with van der Waals surface area (Å²) in [7, 11) is 0. The monoisotopic (exact) mass is 492 g/mol. The molecular formula is C18H26FIN4OS. The van der Waals surface area contributed by atoms with Crippen LogP contribution in [-0.4, -0.2) is 30.1 Å². The number of aryl methyl sites for hydroxylation is 2. The first-order valence-electron chi connectivity index (χ1n) is 8.35. The number of hydrogen-bond acceptors (Lipinski definition) is 4. The highest BCUT2D eigenvalue weighted by atomic mass is 127. The SMILES string of the molecule is CCNC(=NCc1sc(C)nc1C)NCC(C)Oc1cccc(F)c1.I. The number of hydrogen-bond donors (Lipinski definition) is 2. The van der Waals surface area contributed by atoms with Gasteiger partial charge in [-0.1, -0.05) is 6.07 Å². The fourth-order valence-corrected chi connectivity index (χ4v) is 3.13. The average molecular weight is 492 g/mol. The molecular weight excluding hydrogens is 466 g/mol. The van der Waals surface area contributed by atoms with Crippen LogP contribution >= 0.6 is 35.3 Å². The molecule has 0 aliphatic carbocycles. The molecule has 0 fully saturated rings. The van der Waals surface area contributed by atoms with Gasteiger partial charge in [0, 0.05) is 17.5 Å². The molecule has 2 aromatic rings. The van der Waals surface area contributed by atoms with Gasteiger partial charge in [-0.3, -0.25) is 0 Å². The first kappa shape index (κ1) is 22.6. The topological polar surface area (TPSA) is 58.5 Å². The second-order valence-corrected chi connectivity index (χ2v) is 6.99. The molecule has 0 spiro atoms. The number of guanidine groups is 1. The van der Waals surface area contributed by atoms with Gasteiger partial charge in [-0.15, -0.1) is 35.3 Å². The van der Waals surface area contributed by atoms with Crippen LogP contribution < -0.4 is 15.4 Å². The van der Waals surface area contributed by atoms with Gasteiger partial charge in [0.25, 0.3) is 0 Å². The Morgan fingerprint density at radius 3 is 2.73 bits per heavy atom. The maximum absolute atomic E-state index is 13.2. The molecule has 26 heavy (non-hydrogen) atoms. The van der Waals surface area contributed by atoms with Gasteiger partial charge in [-0.2, -0.15) is 0 Å². The summed E-state index contributed by atoms with van der Waals surface area (Å²) in [5.41, 5.74) is 1.03. The van der Waals surface area contributed by atoms with Crippen LogP contribution in [0.2, 0.25) is 0 Å². The lowest BCUT2D eigenvalue weighted by Crippen LogP contribution is -2.41. The van der Waals surface area contributed by atoms with Crippen molar-refractivity contribution in [1.29, 1.82) is 0 Å². The van der Waals surface area contributed by atoms with Crippen LogP contribution in [0.25, 0.3) is 0 Å². The minimum atomic E-state index is -0.303. The van der Waals surface area contributed by atoms with E-state index in [1.807, 2.05) is 27.7 Å². The van der Waals surface area contributed by atoms with Gasteiger partial charge >= 0.3 is 0 Å². The Morgan fingerprint density at radius 1 is 1.35 bits per heavy atom. The van der Waals surface area contributed by atoms with Crippen LogP contribution in [0.15, 0.2) is 29.3 Å². The first-order valence-corrected chi connectivity index (χ1v) is 9.17. The lowest BCUT2D eigenvalue weighted by molar-refractivity contribution is 0.223. The van der Waals surface area contributed by atoms with Crippen molar-refractivity contribution in [3.63, 3.8) is 0 Å². The van der Waals surface area contributed by atoms with Crippen molar-refractivity contribution in [2.24, 2.45) is 4.99 Å². The second kappa shape index (κ2) is 11.3. The summed E-state index contributed by atoms with van der Waals surface area (Å²) in [6.07, 6.45) is -0.127. The van der Waals surface area contributed by atoms with Crippen LogP contribution in [0, 0.1) is 19.7 Å². The van der Waals surface area contributed by atoms with Crippen LogP contribution in [0.5, 0.6) is 5.75 Å². The van der Waals surface area contributed by atoms with Gasteiger partial charge in [0.05, 0.1) is 23.8 Å². The maximum atomic E-state index is 13.2. The van der Waals surface area contributed by atoms with Gasteiger partial charge in [-0.05, 0) is 39.8 Å². The summed E-state index contributed by atoms with van der Waals surface area (Å²) >= 11 is 1.67. The predicted molar refractivity (Wildman–Crippen MR) is 116 cm³/mol. The third kappa shape index (κ3) is 7.45. The van der Waals surface area contributed by atoms with Crippen LogP contribution in [0.3, 0.4) is 0 Å². The third-order valence-corrected chi connectivity index (χ3v) is 4.47. The Morgan fingerprint density at radius 2 is 2.12 bits per heavy atom. The second-order valence-electron chi connectivity index (χ2n) is 5.70. The van der Waals surface area contributed by atoms with E-state index in [-0.39, 0.29) is 35.9 Å². The van der Waals surface area contributed by atoms with E-state index < -0.39 is 0 Å². The van der Waals surface area contributed by atoms with Crippen molar-refractivity contribution in [3.05, 3.63) is 45.7 Å². The van der Waals surface area contributed by atoms with Crippen molar-refractivity contribution >= 4 is 41.3 Å².